The molecule has 3 atom stereocenters. The van der Waals surface area contributed by atoms with Crippen LogP contribution in [0.5, 0.6) is 5.75 Å². The SMILES string of the molecule is C[C@H](CO)N1C[C@H](C)[C@@H](CN(C)S(=O)(=O)c2ccc(F)cc2)Oc2ccc(NC(=O)Cc3cn(C)c4ccccc34)cc2C1=O. The van der Waals surface area contributed by atoms with E-state index in [0.29, 0.717) is 5.69 Å². The van der Waals surface area contributed by atoms with Crippen molar-refractivity contribution < 1.29 is 32.2 Å². The number of likely N-dealkylation sites (N-methyl/N-ethyl adjacent to an activating group) is 1. The molecular weight excluding hydrogens is 599 g/mol. The second-order valence-corrected chi connectivity index (χ2v) is 13.6. The fraction of sp³-hybridized carbons (Fsp3) is 0.333. The molecule has 1 aliphatic heterocycles. The van der Waals surface area contributed by atoms with E-state index < -0.39 is 28.0 Å². The molecule has 4 aromatic rings. The van der Waals surface area contributed by atoms with Crippen LogP contribution in [0.15, 0.2) is 77.8 Å². The summed E-state index contributed by atoms with van der Waals surface area (Å²) in [6, 6.07) is 16.6. The van der Waals surface area contributed by atoms with Gasteiger partial charge < -0.3 is 24.6 Å². The average molecular weight is 637 g/mol. The van der Waals surface area contributed by atoms with E-state index in [2.05, 4.69) is 5.32 Å². The number of carbonyl (C=O) groups is 2. The maximum Gasteiger partial charge on any atom is 0.258 e. The highest BCUT2D eigenvalue weighted by molar-refractivity contribution is 7.89. The Morgan fingerprint density at radius 1 is 1.16 bits per heavy atom. The quantitative estimate of drug-likeness (QED) is 0.286. The number of hydrogen-bond donors (Lipinski definition) is 2. The number of nitrogens with zero attached hydrogens (tertiary/aromatic N) is 3. The van der Waals surface area contributed by atoms with Crippen molar-refractivity contribution in [1.29, 1.82) is 0 Å². The Bertz CT molecular complexity index is 1820. The number of benzene rings is 3. The zero-order chi connectivity index (χ0) is 32.5. The first-order chi connectivity index (χ1) is 21.4. The second-order valence-electron chi connectivity index (χ2n) is 11.6. The number of aryl methyl sites for hydroxylation is 1. The van der Waals surface area contributed by atoms with E-state index in [0.717, 1.165) is 32.9 Å². The van der Waals surface area contributed by atoms with Gasteiger partial charge in [0.25, 0.3) is 5.91 Å². The van der Waals surface area contributed by atoms with Gasteiger partial charge in [-0.2, -0.15) is 4.31 Å². The topological polar surface area (TPSA) is 121 Å². The van der Waals surface area contributed by atoms with Gasteiger partial charge in [-0.25, -0.2) is 12.8 Å². The molecule has 10 nitrogen and oxygen atoms in total. The van der Waals surface area contributed by atoms with Crippen molar-refractivity contribution in [3.63, 3.8) is 0 Å². The Kier molecular flexibility index (Phi) is 9.28. The van der Waals surface area contributed by atoms with Crippen LogP contribution >= 0.6 is 0 Å². The van der Waals surface area contributed by atoms with Crippen molar-refractivity contribution in [2.45, 2.75) is 37.3 Å². The van der Waals surface area contributed by atoms with Crippen molar-refractivity contribution in [1.82, 2.24) is 13.8 Å². The molecule has 2 N–H and O–H groups in total. The van der Waals surface area contributed by atoms with Gasteiger partial charge in [-0.05, 0) is 61.0 Å². The largest absolute Gasteiger partial charge is 0.488 e. The van der Waals surface area contributed by atoms with Gasteiger partial charge in [0.2, 0.25) is 15.9 Å². The molecule has 1 aliphatic rings. The molecule has 0 aliphatic carbocycles. The summed E-state index contributed by atoms with van der Waals surface area (Å²) in [6.45, 7) is 3.43. The molecular formula is C33H37FN4O6S. The Balaban J connectivity index is 1.41. The molecule has 2 heterocycles. The molecule has 0 radical (unpaired) electrons. The molecule has 238 valence electrons. The fourth-order valence-corrected chi connectivity index (χ4v) is 6.78. The molecule has 45 heavy (non-hydrogen) atoms. The molecule has 1 aromatic heterocycles. The number of carbonyl (C=O) groups excluding carboxylic acids is 2. The van der Waals surface area contributed by atoms with Crippen LogP contribution < -0.4 is 10.1 Å². The van der Waals surface area contributed by atoms with Crippen molar-refractivity contribution >= 4 is 38.4 Å². The first kappa shape index (κ1) is 32.1. The van der Waals surface area contributed by atoms with Gasteiger partial charge >= 0.3 is 0 Å². The average Bonchev–Trinajstić information content (AvgIpc) is 3.33. The molecule has 5 rings (SSSR count). The highest BCUT2D eigenvalue weighted by Crippen LogP contribution is 2.31. The summed E-state index contributed by atoms with van der Waals surface area (Å²) in [4.78, 5) is 28.4. The van der Waals surface area contributed by atoms with E-state index in [9.17, 15) is 27.5 Å². The zero-order valence-electron chi connectivity index (χ0n) is 25.6. The highest BCUT2D eigenvalue weighted by atomic mass is 32.2. The Morgan fingerprint density at radius 3 is 2.58 bits per heavy atom. The summed E-state index contributed by atoms with van der Waals surface area (Å²) in [6.07, 6.45) is 1.37. The molecule has 0 unspecified atom stereocenters. The summed E-state index contributed by atoms with van der Waals surface area (Å²) in [5, 5.41) is 13.8. The lowest BCUT2D eigenvalue weighted by Gasteiger charge is -2.38. The summed E-state index contributed by atoms with van der Waals surface area (Å²) < 4.78 is 49.4. The molecule has 0 saturated heterocycles. The summed E-state index contributed by atoms with van der Waals surface area (Å²) in [7, 11) is -0.620. The van der Waals surface area contributed by atoms with E-state index in [1.807, 2.05) is 49.0 Å². The number of hydrogen-bond acceptors (Lipinski definition) is 6. The predicted octanol–water partition coefficient (Wildman–Crippen LogP) is 4.04. The Hall–Kier alpha value is -4.26. The summed E-state index contributed by atoms with van der Waals surface area (Å²) in [5.41, 5.74) is 2.46. The maximum atomic E-state index is 13.8. The number of halogens is 1. The molecule has 0 fully saturated rings. The van der Waals surface area contributed by atoms with E-state index in [1.165, 1.54) is 24.1 Å². The number of rotatable bonds is 9. The minimum Gasteiger partial charge on any atom is -0.488 e. The first-order valence-electron chi connectivity index (χ1n) is 14.7. The number of ether oxygens (including phenoxy) is 1. The normalized spacial score (nSPS) is 17.8. The van der Waals surface area contributed by atoms with Gasteiger partial charge in [-0.1, -0.05) is 25.1 Å². The van der Waals surface area contributed by atoms with Crippen LogP contribution in [-0.4, -0.2) is 78.0 Å². The summed E-state index contributed by atoms with van der Waals surface area (Å²) in [5.74, 6) is -1.29. The number of amides is 2. The third-order valence-electron chi connectivity index (χ3n) is 8.24. The number of para-hydroxylation sites is 1. The van der Waals surface area contributed by atoms with Crippen LogP contribution in [0.2, 0.25) is 0 Å². The lowest BCUT2D eigenvalue weighted by atomic mass is 9.99. The smallest absolute Gasteiger partial charge is 0.258 e. The molecule has 3 aromatic carbocycles. The van der Waals surface area contributed by atoms with Crippen LogP contribution in [0.1, 0.15) is 29.8 Å². The third kappa shape index (κ3) is 6.73. The van der Waals surface area contributed by atoms with Crippen LogP contribution in [0.25, 0.3) is 10.9 Å². The van der Waals surface area contributed by atoms with E-state index in [4.69, 9.17) is 4.74 Å². The number of fused-ring (bicyclic) bond motifs is 2. The van der Waals surface area contributed by atoms with Gasteiger partial charge in [0, 0.05) is 49.3 Å². The van der Waals surface area contributed by atoms with Crippen LogP contribution in [0.4, 0.5) is 10.1 Å². The van der Waals surface area contributed by atoms with Crippen molar-refractivity contribution in [2.75, 3.05) is 32.1 Å². The Labute approximate surface area is 262 Å². The van der Waals surface area contributed by atoms with Gasteiger partial charge in [-0.3, -0.25) is 9.59 Å². The highest BCUT2D eigenvalue weighted by Gasteiger charge is 2.35. The van der Waals surface area contributed by atoms with Crippen molar-refractivity contribution in [3.8, 4) is 5.75 Å². The monoisotopic (exact) mass is 636 g/mol. The van der Waals surface area contributed by atoms with Crippen molar-refractivity contribution in [3.05, 3.63) is 89.9 Å². The number of nitrogens with one attached hydrogen (secondary N) is 1. The minimum absolute atomic E-state index is 0.0557. The number of sulfonamides is 1. The lowest BCUT2D eigenvalue weighted by molar-refractivity contribution is -0.115. The van der Waals surface area contributed by atoms with Crippen molar-refractivity contribution in [2.24, 2.45) is 13.0 Å². The second kappa shape index (κ2) is 13.0. The molecule has 12 heteroatoms. The van der Waals surface area contributed by atoms with E-state index in [1.54, 1.807) is 25.1 Å². The number of aromatic nitrogens is 1. The molecule has 0 saturated carbocycles. The first-order valence-corrected chi connectivity index (χ1v) is 16.1. The molecule has 0 bridgehead atoms. The fourth-order valence-electron chi connectivity index (χ4n) is 5.60. The van der Waals surface area contributed by atoms with E-state index in [-0.39, 0.29) is 60.1 Å². The summed E-state index contributed by atoms with van der Waals surface area (Å²) >= 11 is 0. The van der Waals surface area contributed by atoms with Crippen LogP contribution in [-0.2, 0) is 28.3 Å². The number of aliphatic hydroxyl groups is 1. The van der Waals surface area contributed by atoms with Gasteiger partial charge in [0.1, 0.15) is 17.7 Å². The van der Waals surface area contributed by atoms with Gasteiger partial charge in [0.05, 0.1) is 36.1 Å². The van der Waals surface area contributed by atoms with Gasteiger partial charge in [-0.15, -0.1) is 0 Å². The standard InChI is InChI=1S/C33H37FN4O6S/c1-21-17-38(22(2)20-39)33(41)28-16-25(35-32(40)15-23-18-36(3)29-8-6-5-7-27(23)29)11-14-30(28)44-31(21)19-37(4)45(42,43)26-12-9-24(34)10-13-26/h5-14,16,18,21-22,31,39H,15,17,19-20H2,1-4H3,(H,35,40)/t21-,22+,31+/m0/s1. The third-order valence-corrected chi connectivity index (χ3v) is 10.1. The van der Waals surface area contributed by atoms with Crippen LogP contribution in [0.3, 0.4) is 0 Å². The minimum atomic E-state index is -3.96. The predicted molar refractivity (Wildman–Crippen MR) is 169 cm³/mol. The maximum absolute atomic E-state index is 13.8. The van der Waals surface area contributed by atoms with E-state index >= 15 is 0 Å². The van der Waals surface area contributed by atoms with Gasteiger partial charge in [0.15, 0.2) is 0 Å². The Morgan fingerprint density at radius 2 is 1.87 bits per heavy atom. The zero-order valence-corrected chi connectivity index (χ0v) is 26.4. The molecule has 0 spiro atoms. The number of anilines is 1. The lowest BCUT2D eigenvalue weighted by Crippen LogP contribution is -2.50. The molecule has 2 amide bonds. The van der Waals surface area contributed by atoms with Crippen LogP contribution in [0, 0.1) is 11.7 Å². The number of aliphatic hydroxyl groups excluding tert-OH is 1.